The quantitative estimate of drug-likeness (QED) is 0.634. The van der Waals surface area contributed by atoms with E-state index in [9.17, 15) is 4.39 Å². The van der Waals surface area contributed by atoms with Crippen LogP contribution >= 0.6 is 23.8 Å². The molecule has 7 heteroatoms. The van der Waals surface area contributed by atoms with Crippen molar-refractivity contribution in [2.24, 2.45) is 0 Å². The van der Waals surface area contributed by atoms with Crippen molar-refractivity contribution < 1.29 is 4.39 Å². The smallest absolute Gasteiger partial charge is 0.174 e. The molecule has 0 saturated carbocycles. The van der Waals surface area contributed by atoms with Crippen LogP contribution in [0.15, 0.2) is 54.9 Å². The zero-order valence-electron chi connectivity index (χ0n) is 13.7. The lowest BCUT2D eigenvalue weighted by molar-refractivity contribution is 0.336. The van der Waals surface area contributed by atoms with Crippen LogP contribution in [0.5, 0.6) is 0 Å². The number of rotatable bonds is 2. The van der Waals surface area contributed by atoms with Crippen LogP contribution in [0.3, 0.4) is 0 Å². The van der Waals surface area contributed by atoms with Gasteiger partial charge >= 0.3 is 0 Å². The van der Waals surface area contributed by atoms with Crippen molar-refractivity contribution in [1.82, 2.24) is 14.9 Å². The summed E-state index contributed by atoms with van der Waals surface area (Å²) in [6, 6.07) is 13.7. The highest BCUT2D eigenvalue weighted by Gasteiger charge is 2.32. The Morgan fingerprint density at radius 2 is 1.92 bits per heavy atom. The summed E-state index contributed by atoms with van der Waals surface area (Å²) >= 11 is 11.6. The maximum absolute atomic E-state index is 13.4. The molecule has 2 heterocycles. The molecule has 1 aliphatic heterocycles. The van der Waals surface area contributed by atoms with E-state index in [0.29, 0.717) is 10.1 Å². The third kappa shape index (κ3) is 3.30. The Bertz CT molecular complexity index is 923. The zero-order chi connectivity index (χ0) is 18.1. The van der Waals surface area contributed by atoms with Crippen LogP contribution in [-0.4, -0.2) is 26.5 Å². The Kier molecular flexibility index (Phi) is 4.61. The second kappa shape index (κ2) is 7.05. The Balaban J connectivity index is 1.66. The Hall–Kier alpha value is -2.44. The highest BCUT2D eigenvalue weighted by atomic mass is 35.5. The van der Waals surface area contributed by atoms with Gasteiger partial charge in [0.15, 0.2) is 5.11 Å². The van der Waals surface area contributed by atoms with Crippen molar-refractivity contribution in [2.45, 2.75) is 12.5 Å². The molecule has 3 aromatic rings. The second-order valence-corrected chi connectivity index (χ2v) is 6.92. The number of aromatic nitrogens is 2. The second-order valence-electron chi connectivity index (χ2n) is 6.10. The number of fused-ring (bicyclic) bond motifs is 1. The molecule has 4 rings (SSSR count). The first kappa shape index (κ1) is 17.0. The van der Waals surface area contributed by atoms with E-state index in [0.717, 1.165) is 35.6 Å². The van der Waals surface area contributed by atoms with Gasteiger partial charge in [0.25, 0.3) is 0 Å². The van der Waals surface area contributed by atoms with Crippen molar-refractivity contribution in [3.8, 4) is 0 Å². The number of benzene rings is 2. The number of thiocarbonyl (C=S) groups is 1. The van der Waals surface area contributed by atoms with Crippen LogP contribution in [0.1, 0.15) is 23.0 Å². The van der Waals surface area contributed by atoms with E-state index in [1.54, 1.807) is 18.5 Å². The first-order valence-electron chi connectivity index (χ1n) is 8.22. The molecule has 0 spiro atoms. The van der Waals surface area contributed by atoms with E-state index in [2.05, 4.69) is 20.2 Å². The highest BCUT2D eigenvalue weighted by Crippen LogP contribution is 2.34. The highest BCUT2D eigenvalue weighted by molar-refractivity contribution is 7.80. The minimum atomic E-state index is -0.264. The fourth-order valence-electron chi connectivity index (χ4n) is 3.21. The third-order valence-corrected chi connectivity index (χ3v) is 5.06. The summed E-state index contributed by atoms with van der Waals surface area (Å²) in [4.78, 5) is 9.77. The molecule has 1 aromatic heterocycles. The van der Waals surface area contributed by atoms with E-state index in [1.807, 2.05) is 24.3 Å². The predicted molar refractivity (Wildman–Crippen MR) is 105 cm³/mol. The van der Waals surface area contributed by atoms with E-state index >= 15 is 0 Å². The fraction of sp³-hybridized carbons (Fsp3) is 0.158. The minimum absolute atomic E-state index is 0.169. The van der Waals surface area contributed by atoms with Crippen molar-refractivity contribution in [3.63, 3.8) is 0 Å². The largest absolute Gasteiger partial charge is 0.348 e. The van der Waals surface area contributed by atoms with Gasteiger partial charge in [-0.15, -0.1) is 0 Å². The van der Waals surface area contributed by atoms with Gasteiger partial charge in [0.05, 0.1) is 12.0 Å². The molecular formula is C19H16ClFN4S. The molecule has 1 aliphatic rings. The fourth-order valence-corrected chi connectivity index (χ4v) is 3.65. The summed E-state index contributed by atoms with van der Waals surface area (Å²) < 4.78 is 13.4. The number of aromatic amines is 1. The van der Waals surface area contributed by atoms with Gasteiger partial charge in [0.1, 0.15) is 11.9 Å². The average Bonchev–Trinajstić information content (AvgIpc) is 3.12. The molecule has 2 N–H and O–H groups in total. The van der Waals surface area contributed by atoms with Crippen LogP contribution in [0.25, 0.3) is 0 Å². The summed E-state index contributed by atoms with van der Waals surface area (Å²) in [6.45, 7) is 0.733. The van der Waals surface area contributed by atoms with Crippen molar-refractivity contribution in [2.75, 3.05) is 11.9 Å². The lowest BCUT2D eigenvalue weighted by Crippen LogP contribution is -2.43. The summed E-state index contributed by atoms with van der Waals surface area (Å²) in [7, 11) is 0. The maximum Gasteiger partial charge on any atom is 0.174 e. The average molecular weight is 387 g/mol. The molecule has 26 heavy (non-hydrogen) atoms. The van der Waals surface area contributed by atoms with E-state index < -0.39 is 0 Å². The van der Waals surface area contributed by atoms with Crippen LogP contribution in [0.2, 0.25) is 5.02 Å². The predicted octanol–water partition coefficient (Wildman–Crippen LogP) is 4.55. The number of nitrogens with one attached hydrogen (secondary N) is 2. The minimum Gasteiger partial charge on any atom is -0.348 e. The molecule has 1 atom stereocenters. The SMILES string of the molecule is Fc1ccc([C@H]2c3nc[nH]c3CCN2C(=S)Nc2ccc(Cl)cc2)cc1. The standard InChI is InChI=1S/C19H16ClFN4S/c20-13-3-7-15(8-4-13)24-19(26)25-10-9-16-17(23-11-22-16)18(25)12-1-5-14(21)6-2-12/h1-8,11,18H,9-10H2,(H,22,23)(H,24,26)/t18-/m0/s1. The number of anilines is 1. The van der Waals surface area contributed by atoms with E-state index in [-0.39, 0.29) is 11.9 Å². The molecular weight excluding hydrogens is 371 g/mol. The van der Waals surface area contributed by atoms with Crippen LogP contribution in [-0.2, 0) is 6.42 Å². The van der Waals surface area contributed by atoms with Gasteiger partial charge in [-0.2, -0.15) is 0 Å². The van der Waals surface area contributed by atoms with Gasteiger partial charge in [-0.1, -0.05) is 23.7 Å². The third-order valence-electron chi connectivity index (χ3n) is 4.47. The molecule has 132 valence electrons. The number of hydrogen-bond donors (Lipinski definition) is 2. The van der Waals surface area contributed by atoms with Gasteiger partial charge in [-0.05, 0) is 54.2 Å². The molecule has 0 bridgehead atoms. The summed E-state index contributed by atoms with van der Waals surface area (Å²) in [5.41, 5.74) is 3.82. The summed E-state index contributed by atoms with van der Waals surface area (Å²) in [6.07, 6.45) is 2.51. The molecule has 0 radical (unpaired) electrons. The first-order valence-corrected chi connectivity index (χ1v) is 9.01. The van der Waals surface area contributed by atoms with Gasteiger partial charge in [0, 0.05) is 29.4 Å². The number of hydrogen-bond acceptors (Lipinski definition) is 2. The summed E-state index contributed by atoms with van der Waals surface area (Å²) in [5, 5.41) is 4.52. The molecule has 0 aliphatic carbocycles. The number of imidazole rings is 1. The number of nitrogens with zero attached hydrogens (tertiary/aromatic N) is 2. The maximum atomic E-state index is 13.4. The topological polar surface area (TPSA) is 44.0 Å². The Morgan fingerprint density at radius 3 is 2.65 bits per heavy atom. The van der Waals surface area contributed by atoms with Crippen molar-refractivity contribution in [1.29, 1.82) is 0 Å². The lowest BCUT2D eigenvalue weighted by atomic mass is 9.96. The Morgan fingerprint density at radius 1 is 1.19 bits per heavy atom. The molecule has 0 amide bonds. The first-order chi connectivity index (χ1) is 12.6. The molecule has 0 saturated heterocycles. The van der Waals surface area contributed by atoms with Gasteiger partial charge in [-0.25, -0.2) is 9.37 Å². The van der Waals surface area contributed by atoms with Gasteiger partial charge in [-0.3, -0.25) is 0 Å². The molecule has 2 aromatic carbocycles. The lowest BCUT2D eigenvalue weighted by Gasteiger charge is -2.37. The van der Waals surface area contributed by atoms with Crippen LogP contribution in [0, 0.1) is 5.82 Å². The normalized spacial score (nSPS) is 16.2. The summed E-state index contributed by atoms with van der Waals surface area (Å²) in [5.74, 6) is -0.264. The number of H-pyrrole nitrogens is 1. The van der Waals surface area contributed by atoms with E-state index in [1.165, 1.54) is 12.1 Å². The molecule has 0 unspecified atom stereocenters. The van der Waals surface area contributed by atoms with Crippen LogP contribution in [0.4, 0.5) is 10.1 Å². The van der Waals surface area contributed by atoms with Crippen molar-refractivity contribution >= 4 is 34.6 Å². The van der Waals surface area contributed by atoms with Gasteiger partial charge < -0.3 is 15.2 Å². The Labute approximate surface area is 161 Å². The van der Waals surface area contributed by atoms with Crippen LogP contribution < -0.4 is 5.32 Å². The molecule has 4 nitrogen and oxygen atoms in total. The monoisotopic (exact) mass is 386 g/mol. The molecule has 0 fully saturated rings. The van der Waals surface area contributed by atoms with Gasteiger partial charge in [0.2, 0.25) is 0 Å². The number of halogens is 2. The van der Waals surface area contributed by atoms with E-state index in [4.69, 9.17) is 23.8 Å². The zero-order valence-corrected chi connectivity index (χ0v) is 15.3. The van der Waals surface area contributed by atoms with Crippen molar-refractivity contribution in [3.05, 3.63) is 82.6 Å².